The van der Waals surface area contributed by atoms with Crippen LogP contribution in [0.15, 0.2) is 12.1 Å². The minimum Gasteiger partial charge on any atom is -0.388 e. The van der Waals surface area contributed by atoms with E-state index in [1.807, 2.05) is 14.0 Å². The van der Waals surface area contributed by atoms with Crippen LogP contribution in [0.2, 0.25) is 5.02 Å². The first-order valence-electron chi connectivity index (χ1n) is 3.62. The second-order valence-corrected chi connectivity index (χ2v) is 2.96. The van der Waals surface area contributed by atoms with Crippen LogP contribution < -0.4 is 5.32 Å². The second kappa shape index (κ2) is 3.59. The van der Waals surface area contributed by atoms with Gasteiger partial charge in [-0.25, -0.2) is 0 Å². The molecule has 0 atom stereocenters. The summed E-state index contributed by atoms with van der Waals surface area (Å²) in [5.74, 6) is 0. The quantitative estimate of drug-likeness (QED) is 0.714. The minimum absolute atomic E-state index is 0.486. The Morgan fingerprint density at radius 2 is 2.17 bits per heavy atom. The lowest BCUT2D eigenvalue weighted by Crippen LogP contribution is -1.93. The summed E-state index contributed by atoms with van der Waals surface area (Å²) in [6.07, 6.45) is 0.759. The minimum atomic E-state index is 0.486. The number of halogens is 1. The highest BCUT2D eigenvalue weighted by atomic mass is 35.5. The molecule has 0 amide bonds. The molecule has 12 heavy (non-hydrogen) atoms. The lowest BCUT2D eigenvalue weighted by atomic mass is 10.1. The van der Waals surface area contributed by atoms with E-state index in [0.717, 1.165) is 17.5 Å². The zero-order chi connectivity index (χ0) is 9.14. The Bertz CT molecular complexity index is 310. The predicted octanol–water partition coefficient (Wildman–Crippen LogP) is 2.50. The average molecular weight is 184 g/mol. The van der Waals surface area contributed by atoms with Crippen molar-refractivity contribution in [2.45, 2.75) is 6.92 Å². The van der Waals surface area contributed by atoms with E-state index < -0.39 is 0 Å². The fourth-order valence-corrected chi connectivity index (χ4v) is 1.27. The number of carbonyl (C=O) groups excluding carboxylic acids is 1. The van der Waals surface area contributed by atoms with Gasteiger partial charge in [0.2, 0.25) is 0 Å². The van der Waals surface area contributed by atoms with Gasteiger partial charge in [0, 0.05) is 18.3 Å². The van der Waals surface area contributed by atoms with E-state index in [1.165, 1.54) is 0 Å². The average Bonchev–Trinajstić information content (AvgIpc) is 2.08. The first-order valence-corrected chi connectivity index (χ1v) is 4.00. The standard InChI is InChI=1S/C9H10ClNO/c1-6-3-7(5-12)8(10)4-9(6)11-2/h3-5,11H,1-2H3. The Morgan fingerprint density at radius 3 is 2.67 bits per heavy atom. The number of benzene rings is 1. The molecule has 0 heterocycles. The Balaban J connectivity index is 3.25. The highest BCUT2D eigenvalue weighted by Gasteiger charge is 2.02. The van der Waals surface area contributed by atoms with Crippen molar-refractivity contribution in [2.24, 2.45) is 0 Å². The molecule has 0 aromatic heterocycles. The highest BCUT2D eigenvalue weighted by Crippen LogP contribution is 2.23. The molecular weight excluding hydrogens is 174 g/mol. The van der Waals surface area contributed by atoms with Gasteiger partial charge in [-0.3, -0.25) is 4.79 Å². The molecule has 0 fully saturated rings. The van der Waals surface area contributed by atoms with Crippen LogP contribution in [0.1, 0.15) is 15.9 Å². The molecule has 0 saturated carbocycles. The summed E-state index contributed by atoms with van der Waals surface area (Å²) >= 11 is 5.81. The molecule has 0 unspecified atom stereocenters. The van der Waals surface area contributed by atoms with Crippen LogP contribution in [0, 0.1) is 6.92 Å². The molecule has 0 radical (unpaired) electrons. The third-order valence-corrected chi connectivity index (χ3v) is 2.07. The van der Waals surface area contributed by atoms with Crippen molar-refractivity contribution >= 4 is 23.6 Å². The van der Waals surface area contributed by atoms with Crippen molar-refractivity contribution in [3.63, 3.8) is 0 Å². The van der Waals surface area contributed by atoms with Crippen LogP contribution in [-0.4, -0.2) is 13.3 Å². The van der Waals surface area contributed by atoms with E-state index in [0.29, 0.717) is 10.6 Å². The van der Waals surface area contributed by atoms with Gasteiger partial charge in [-0.05, 0) is 24.6 Å². The largest absolute Gasteiger partial charge is 0.388 e. The van der Waals surface area contributed by atoms with Gasteiger partial charge in [-0.15, -0.1) is 0 Å². The molecule has 1 rings (SSSR count). The van der Waals surface area contributed by atoms with E-state index in [-0.39, 0.29) is 0 Å². The summed E-state index contributed by atoms with van der Waals surface area (Å²) in [5, 5.41) is 3.47. The molecular formula is C9H10ClNO. The first kappa shape index (κ1) is 9.07. The number of anilines is 1. The highest BCUT2D eigenvalue weighted by molar-refractivity contribution is 6.33. The molecule has 0 spiro atoms. The summed E-state index contributed by atoms with van der Waals surface area (Å²) in [4.78, 5) is 10.5. The molecule has 64 valence electrons. The molecule has 1 N–H and O–H groups in total. The lowest BCUT2D eigenvalue weighted by Gasteiger charge is -2.06. The van der Waals surface area contributed by atoms with E-state index >= 15 is 0 Å². The van der Waals surface area contributed by atoms with Crippen molar-refractivity contribution in [3.05, 3.63) is 28.3 Å². The second-order valence-electron chi connectivity index (χ2n) is 2.56. The summed E-state index contributed by atoms with van der Waals surface area (Å²) in [7, 11) is 1.82. The van der Waals surface area contributed by atoms with Crippen LogP contribution in [0.4, 0.5) is 5.69 Å². The molecule has 0 aliphatic carbocycles. The number of nitrogens with one attached hydrogen (secondary N) is 1. The van der Waals surface area contributed by atoms with Gasteiger partial charge >= 0.3 is 0 Å². The Hall–Kier alpha value is -1.02. The molecule has 1 aromatic carbocycles. The van der Waals surface area contributed by atoms with Gasteiger partial charge in [0.15, 0.2) is 6.29 Å². The van der Waals surface area contributed by atoms with Crippen molar-refractivity contribution < 1.29 is 4.79 Å². The van der Waals surface area contributed by atoms with Crippen molar-refractivity contribution in [1.29, 1.82) is 0 Å². The maximum atomic E-state index is 10.5. The van der Waals surface area contributed by atoms with Crippen LogP contribution in [0.25, 0.3) is 0 Å². The van der Waals surface area contributed by atoms with Crippen LogP contribution >= 0.6 is 11.6 Å². The summed E-state index contributed by atoms with van der Waals surface area (Å²) in [5.41, 5.74) is 2.50. The Kier molecular flexibility index (Phi) is 2.71. The number of hydrogen-bond donors (Lipinski definition) is 1. The normalized spacial score (nSPS) is 9.58. The van der Waals surface area contributed by atoms with Crippen molar-refractivity contribution in [1.82, 2.24) is 0 Å². The number of carbonyl (C=O) groups is 1. The summed E-state index contributed by atoms with van der Waals surface area (Å²) in [6, 6.07) is 3.52. The van der Waals surface area contributed by atoms with Gasteiger partial charge < -0.3 is 5.32 Å². The fraction of sp³-hybridized carbons (Fsp3) is 0.222. The predicted molar refractivity (Wildman–Crippen MR) is 51.1 cm³/mol. The molecule has 0 saturated heterocycles. The van der Waals surface area contributed by atoms with Gasteiger partial charge in [-0.2, -0.15) is 0 Å². The summed E-state index contributed by atoms with van der Waals surface area (Å²) < 4.78 is 0. The molecule has 0 aliphatic rings. The van der Waals surface area contributed by atoms with Gasteiger partial charge in [0.05, 0.1) is 5.02 Å². The summed E-state index contributed by atoms with van der Waals surface area (Å²) in [6.45, 7) is 1.93. The topological polar surface area (TPSA) is 29.1 Å². The molecule has 2 nitrogen and oxygen atoms in total. The van der Waals surface area contributed by atoms with Crippen molar-refractivity contribution in [3.8, 4) is 0 Å². The first-order chi connectivity index (χ1) is 5.69. The molecule has 1 aromatic rings. The molecule has 0 aliphatic heterocycles. The third-order valence-electron chi connectivity index (χ3n) is 1.74. The Morgan fingerprint density at radius 1 is 1.50 bits per heavy atom. The number of aldehydes is 1. The van der Waals surface area contributed by atoms with E-state index in [1.54, 1.807) is 12.1 Å². The van der Waals surface area contributed by atoms with E-state index in [4.69, 9.17) is 11.6 Å². The van der Waals surface area contributed by atoms with E-state index in [2.05, 4.69) is 5.32 Å². The maximum Gasteiger partial charge on any atom is 0.151 e. The number of hydrogen-bond acceptors (Lipinski definition) is 2. The zero-order valence-corrected chi connectivity index (χ0v) is 7.77. The monoisotopic (exact) mass is 183 g/mol. The smallest absolute Gasteiger partial charge is 0.151 e. The lowest BCUT2D eigenvalue weighted by molar-refractivity contribution is 0.112. The van der Waals surface area contributed by atoms with Crippen LogP contribution in [-0.2, 0) is 0 Å². The van der Waals surface area contributed by atoms with Crippen molar-refractivity contribution in [2.75, 3.05) is 12.4 Å². The molecule has 0 bridgehead atoms. The Labute approximate surface area is 76.5 Å². The van der Waals surface area contributed by atoms with Gasteiger partial charge in [0.1, 0.15) is 0 Å². The molecule has 3 heteroatoms. The third kappa shape index (κ3) is 1.59. The number of aryl methyl sites for hydroxylation is 1. The maximum absolute atomic E-state index is 10.5. The van der Waals surface area contributed by atoms with E-state index in [9.17, 15) is 4.79 Å². The number of rotatable bonds is 2. The van der Waals surface area contributed by atoms with Crippen LogP contribution in [0.5, 0.6) is 0 Å². The van der Waals surface area contributed by atoms with Crippen LogP contribution in [0.3, 0.4) is 0 Å². The zero-order valence-electron chi connectivity index (χ0n) is 7.02. The fourth-order valence-electron chi connectivity index (χ4n) is 1.06. The SMILES string of the molecule is CNc1cc(Cl)c(C=O)cc1C. The van der Waals surface area contributed by atoms with Gasteiger partial charge in [-0.1, -0.05) is 11.6 Å². The van der Waals surface area contributed by atoms with Gasteiger partial charge in [0.25, 0.3) is 0 Å².